The van der Waals surface area contributed by atoms with Crippen molar-refractivity contribution in [2.75, 3.05) is 17.3 Å². The average Bonchev–Trinajstić information content (AvgIpc) is 3.03. The van der Waals surface area contributed by atoms with Gasteiger partial charge in [0.05, 0.1) is 0 Å². The molecule has 3 heterocycles. The second kappa shape index (κ2) is 5.33. The first-order valence-electron chi connectivity index (χ1n) is 6.79. The highest BCUT2D eigenvalue weighted by atomic mass is 35.5. The fraction of sp³-hybridized carbons (Fsp3) is 0.615. The van der Waals surface area contributed by atoms with Crippen molar-refractivity contribution in [2.45, 2.75) is 38.6 Å². The molecule has 2 aromatic rings. The number of alkyl halides is 1. The van der Waals surface area contributed by atoms with Crippen LogP contribution in [0.1, 0.15) is 31.4 Å². The van der Waals surface area contributed by atoms with Crippen molar-refractivity contribution in [1.82, 2.24) is 19.6 Å². The Kier molecular flexibility index (Phi) is 3.55. The summed E-state index contributed by atoms with van der Waals surface area (Å²) in [5, 5.41) is 4.29. The standard InChI is InChI=1S/C13H18ClN5/c1-10-8-12(19-13(17-10)15-9-16-19)18-7-3-5-11(18)4-2-6-14/h8-9,11H,2-7H2,1H3. The van der Waals surface area contributed by atoms with E-state index < -0.39 is 0 Å². The summed E-state index contributed by atoms with van der Waals surface area (Å²) in [4.78, 5) is 11.0. The summed E-state index contributed by atoms with van der Waals surface area (Å²) in [5.41, 5.74) is 0.985. The lowest BCUT2D eigenvalue weighted by molar-refractivity contribution is 0.593. The fourth-order valence-corrected chi connectivity index (χ4v) is 3.02. The van der Waals surface area contributed by atoms with Crippen molar-refractivity contribution in [2.24, 2.45) is 0 Å². The second-order valence-corrected chi connectivity index (χ2v) is 5.43. The molecule has 102 valence electrons. The van der Waals surface area contributed by atoms with E-state index in [4.69, 9.17) is 11.6 Å². The number of aromatic nitrogens is 4. The van der Waals surface area contributed by atoms with Crippen LogP contribution < -0.4 is 4.90 Å². The van der Waals surface area contributed by atoms with E-state index in [1.54, 1.807) is 6.33 Å². The maximum atomic E-state index is 5.82. The van der Waals surface area contributed by atoms with Gasteiger partial charge in [0.2, 0.25) is 0 Å². The van der Waals surface area contributed by atoms with E-state index in [-0.39, 0.29) is 0 Å². The molecular formula is C13H18ClN5. The first kappa shape index (κ1) is 12.7. The summed E-state index contributed by atoms with van der Waals surface area (Å²) in [5.74, 6) is 2.52. The van der Waals surface area contributed by atoms with Crippen LogP contribution in [0.5, 0.6) is 0 Å². The third-order valence-corrected chi connectivity index (χ3v) is 3.97. The molecule has 1 atom stereocenters. The van der Waals surface area contributed by atoms with Gasteiger partial charge < -0.3 is 4.90 Å². The van der Waals surface area contributed by atoms with Gasteiger partial charge in [-0.25, -0.2) is 4.98 Å². The summed E-state index contributed by atoms with van der Waals surface area (Å²) in [6, 6.07) is 2.66. The van der Waals surface area contributed by atoms with E-state index in [0.29, 0.717) is 11.8 Å². The van der Waals surface area contributed by atoms with Gasteiger partial charge in [0, 0.05) is 30.2 Å². The predicted molar refractivity (Wildman–Crippen MR) is 75.8 cm³/mol. The molecule has 1 saturated heterocycles. The molecule has 0 spiro atoms. The summed E-state index contributed by atoms with van der Waals surface area (Å²) in [6.07, 6.45) is 6.22. The Labute approximate surface area is 117 Å². The van der Waals surface area contributed by atoms with Crippen LogP contribution in [-0.4, -0.2) is 38.0 Å². The number of halogens is 1. The van der Waals surface area contributed by atoms with E-state index in [1.165, 1.54) is 12.8 Å². The number of anilines is 1. The van der Waals surface area contributed by atoms with Crippen LogP contribution in [0, 0.1) is 6.92 Å². The first-order chi connectivity index (χ1) is 9.29. The lowest BCUT2D eigenvalue weighted by Crippen LogP contribution is -2.31. The van der Waals surface area contributed by atoms with Crippen molar-refractivity contribution >= 4 is 23.2 Å². The molecule has 19 heavy (non-hydrogen) atoms. The zero-order valence-electron chi connectivity index (χ0n) is 11.1. The second-order valence-electron chi connectivity index (χ2n) is 5.05. The topological polar surface area (TPSA) is 46.3 Å². The van der Waals surface area contributed by atoms with Crippen LogP contribution in [0.3, 0.4) is 0 Å². The van der Waals surface area contributed by atoms with Gasteiger partial charge >= 0.3 is 0 Å². The number of hydrogen-bond donors (Lipinski definition) is 0. The Balaban J connectivity index is 1.96. The highest BCUT2D eigenvalue weighted by Crippen LogP contribution is 2.28. The Morgan fingerprint density at radius 1 is 1.47 bits per heavy atom. The molecule has 0 aliphatic carbocycles. The van der Waals surface area contributed by atoms with Crippen LogP contribution in [-0.2, 0) is 0 Å². The zero-order chi connectivity index (χ0) is 13.2. The average molecular weight is 280 g/mol. The molecule has 1 unspecified atom stereocenters. The Bertz CT molecular complexity index is 567. The van der Waals surface area contributed by atoms with Gasteiger partial charge in [0.25, 0.3) is 5.78 Å². The SMILES string of the molecule is Cc1cc(N2CCCC2CCCCl)n2ncnc2n1. The molecular weight excluding hydrogens is 262 g/mol. The van der Waals surface area contributed by atoms with E-state index in [2.05, 4.69) is 26.0 Å². The quantitative estimate of drug-likeness (QED) is 0.807. The Morgan fingerprint density at radius 3 is 3.21 bits per heavy atom. The van der Waals surface area contributed by atoms with E-state index in [9.17, 15) is 0 Å². The minimum absolute atomic E-state index is 0.563. The minimum Gasteiger partial charge on any atom is -0.353 e. The van der Waals surface area contributed by atoms with E-state index in [1.807, 2.05) is 11.4 Å². The molecule has 6 heteroatoms. The predicted octanol–water partition coefficient (Wildman–Crippen LogP) is 2.42. The van der Waals surface area contributed by atoms with Crippen LogP contribution in [0.25, 0.3) is 5.78 Å². The maximum absolute atomic E-state index is 5.82. The van der Waals surface area contributed by atoms with Crippen LogP contribution >= 0.6 is 11.6 Å². The van der Waals surface area contributed by atoms with Gasteiger partial charge in [-0.15, -0.1) is 11.6 Å². The monoisotopic (exact) mass is 279 g/mol. The van der Waals surface area contributed by atoms with E-state index in [0.717, 1.165) is 36.8 Å². The lowest BCUT2D eigenvalue weighted by atomic mass is 10.1. The van der Waals surface area contributed by atoms with E-state index >= 15 is 0 Å². The molecule has 3 rings (SSSR count). The van der Waals surface area contributed by atoms with Gasteiger partial charge in [-0.3, -0.25) is 0 Å². The molecule has 0 saturated carbocycles. The smallest absolute Gasteiger partial charge is 0.254 e. The first-order valence-corrected chi connectivity index (χ1v) is 7.33. The number of rotatable bonds is 4. The molecule has 5 nitrogen and oxygen atoms in total. The van der Waals surface area contributed by atoms with Gasteiger partial charge in [-0.1, -0.05) is 0 Å². The van der Waals surface area contributed by atoms with Crippen molar-refractivity contribution in [1.29, 1.82) is 0 Å². The molecule has 0 N–H and O–H groups in total. The molecule has 0 radical (unpaired) electrons. The molecule has 0 aromatic carbocycles. The number of fused-ring (bicyclic) bond motifs is 1. The van der Waals surface area contributed by atoms with Crippen LogP contribution in [0.15, 0.2) is 12.4 Å². The zero-order valence-corrected chi connectivity index (χ0v) is 11.8. The lowest BCUT2D eigenvalue weighted by Gasteiger charge is -2.26. The summed E-state index contributed by atoms with van der Waals surface area (Å²) >= 11 is 5.82. The summed E-state index contributed by atoms with van der Waals surface area (Å²) < 4.78 is 1.84. The van der Waals surface area contributed by atoms with Crippen LogP contribution in [0.2, 0.25) is 0 Å². The third kappa shape index (κ3) is 2.39. The Morgan fingerprint density at radius 2 is 2.37 bits per heavy atom. The molecule has 1 aliphatic rings. The number of nitrogens with zero attached hydrogens (tertiary/aromatic N) is 5. The van der Waals surface area contributed by atoms with Gasteiger partial charge in [0.15, 0.2) is 0 Å². The van der Waals surface area contributed by atoms with Crippen molar-refractivity contribution in [3.05, 3.63) is 18.1 Å². The van der Waals surface area contributed by atoms with Crippen molar-refractivity contribution in [3.8, 4) is 0 Å². The van der Waals surface area contributed by atoms with Gasteiger partial charge in [-0.05, 0) is 32.6 Å². The largest absolute Gasteiger partial charge is 0.353 e. The van der Waals surface area contributed by atoms with Gasteiger partial charge in [0.1, 0.15) is 12.1 Å². The number of hydrogen-bond acceptors (Lipinski definition) is 4. The van der Waals surface area contributed by atoms with Crippen molar-refractivity contribution < 1.29 is 0 Å². The molecule has 0 bridgehead atoms. The molecule has 2 aromatic heterocycles. The Hall–Kier alpha value is -1.36. The molecule has 1 fully saturated rings. The summed E-state index contributed by atoms with van der Waals surface area (Å²) in [7, 11) is 0. The normalized spacial score (nSPS) is 19.5. The molecule has 0 amide bonds. The minimum atomic E-state index is 0.563. The third-order valence-electron chi connectivity index (χ3n) is 3.70. The molecule has 1 aliphatic heterocycles. The highest BCUT2D eigenvalue weighted by Gasteiger charge is 2.26. The maximum Gasteiger partial charge on any atom is 0.254 e. The van der Waals surface area contributed by atoms with Crippen LogP contribution in [0.4, 0.5) is 5.82 Å². The highest BCUT2D eigenvalue weighted by molar-refractivity contribution is 6.17. The number of aryl methyl sites for hydroxylation is 1. The summed E-state index contributed by atoms with van der Waals surface area (Å²) in [6.45, 7) is 3.08. The fourth-order valence-electron chi connectivity index (χ4n) is 2.87. The van der Waals surface area contributed by atoms with Crippen molar-refractivity contribution in [3.63, 3.8) is 0 Å². The van der Waals surface area contributed by atoms with Gasteiger partial charge in [-0.2, -0.15) is 14.6 Å².